The van der Waals surface area contributed by atoms with Crippen LogP contribution in [0.4, 0.5) is 22.0 Å². The first kappa shape index (κ1) is 29.3. The first-order valence-corrected chi connectivity index (χ1v) is 14.1. The van der Waals surface area contributed by atoms with E-state index in [0.29, 0.717) is 58.3 Å². The Labute approximate surface area is 235 Å². The average molecular weight is 580 g/mol. The van der Waals surface area contributed by atoms with Crippen molar-refractivity contribution in [3.05, 3.63) is 53.6 Å². The van der Waals surface area contributed by atoms with Crippen LogP contribution in [0.25, 0.3) is 11.1 Å². The topological polar surface area (TPSA) is 75.9 Å². The summed E-state index contributed by atoms with van der Waals surface area (Å²) < 4.78 is 76.3. The summed E-state index contributed by atoms with van der Waals surface area (Å²) in [5.41, 5.74) is 3.85. The highest BCUT2D eigenvalue weighted by Crippen LogP contribution is 2.53. The summed E-state index contributed by atoms with van der Waals surface area (Å²) in [5, 5.41) is 0. The minimum Gasteiger partial charge on any atom is -0.493 e. The van der Waals surface area contributed by atoms with Gasteiger partial charge in [-0.15, -0.1) is 0 Å². The number of nitrogens with zero attached hydrogens (tertiary/aromatic N) is 2. The quantitative estimate of drug-likeness (QED) is 0.417. The van der Waals surface area contributed by atoms with Crippen LogP contribution in [0.1, 0.15) is 55.3 Å². The lowest BCUT2D eigenvalue weighted by atomic mass is 9.67. The van der Waals surface area contributed by atoms with Crippen LogP contribution < -0.4 is 10.5 Å². The fourth-order valence-electron chi connectivity index (χ4n) is 6.23. The fraction of sp³-hybridized carbons (Fsp3) is 0.533. The lowest BCUT2D eigenvalue weighted by Gasteiger charge is -2.47. The van der Waals surface area contributed by atoms with Gasteiger partial charge in [-0.2, -0.15) is 13.2 Å². The molecule has 6 nitrogen and oxygen atoms in total. The summed E-state index contributed by atoms with van der Waals surface area (Å²) in [4.78, 5) is 27.7. The molecule has 1 saturated carbocycles. The number of hydrogen-bond acceptors (Lipinski definition) is 4. The van der Waals surface area contributed by atoms with Gasteiger partial charge in [-0.3, -0.25) is 9.59 Å². The van der Waals surface area contributed by atoms with Crippen LogP contribution in [-0.2, 0) is 4.79 Å². The molecule has 11 heteroatoms. The molecule has 0 bridgehead atoms. The van der Waals surface area contributed by atoms with E-state index in [1.807, 2.05) is 4.90 Å². The second-order valence-electron chi connectivity index (χ2n) is 11.6. The van der Waals surface area contributed by atoms with Crippen LogP contribution in [0.2, 0.25) is 0 Å². The van der Waals surface area contributed by atoms with Crippen molar-refractivity contribution in [2.75, 3.05) is 32.8 Å². The zero-order valence-corrected chi connectivity index (χ0v) is 22.7. The zero-order chi connectivity index (χ0) is 29.4. The zero-order valence-electron chi connectivity index (χ0n) is 22.7. The van der Waals surface area contributed by atoms with Crippen molar-refractivity contribution in [3.8, 4) is 16.9 Å². The summed E-state index contributed by atoms with van der Waals surface area (Å²) in [6.07, 6.45) is -0.677. The predicted octanol–water partition coefficient (Wildman–Crippen LogP) is 5.55. The van der Waals surface area contributed by atoms with Crippen LogP contribution in [0.15, 0.2) is 36.4 Å². The van der Waals surface area contributed by atoms with Crippen LogP contribution in [0.5, 0.6) is 5.75 Å². The number of carbonyl (C=O) groups excluding carboxylic acids is 2. The molecule has 2 aromatic carbocycles. The molecule has 222 valence electrons. The molecule has 3 fully saturated rings. The van der Waals surface area contributed by atoms with Crippen LogP contribution >= 0.6 is 0 Å². The SMILES string of the molecule is NC(=O)[C@@H]1CCCN1C(=O)c1ccc(-c2ccc(OCC3CCN(CC4(C(F)(F)F)CCC4)CC3)cc2F)c(F)c1. The van der Waals surface area contributed by atoms with Gasteiger partial charge in [0.25, 0.3) is 5.91 Å². The number of likely N-dealkylation sites (tertiary alicyclic amines) is 2. The average Bonchev–Trinajstić information content (AvgIpc) is 3.40. The maximum Gasteiger partial charge on any atom is 0.395 e. The molecule has 0 unspecified atom stereocenters. The van der Waals surface area contributed by atoms with Crippen LogP contribution in [0.3, 0.4) is 0 Å². The Morgan fingerprint density at radius 1 is 0.927 bits per heavy atom. The van der Waals surface area contributed by atoms with Gasteiger partial charge in [-0.1, -0.05) is 12.5 Å². The normalized spacial score (nSPS) is 21.5. The van der Waals surface area contributed by atoms with Crippen LogP contribution in [-0.4, -0.2) is 66.6 Å². The van der Waals surface area contributed by atoms with Gasteiger partial charge in [0, 0.05) is 35.8 Å². The molecule has 1 aliphatic carbocycles. The molecule has 2 N–H and O–H groups in total. The van der Waals surface area contributed by atoms with E-state index >= 15 is 4.39 Å². The van der Waals surface area contributed by atoms with Crippen molar-refractivity contribution in [1.29, 1.82) is 0 Å². The van der Waals surface area contributed by atoms with Crippen LogP contribution in [0, 0.1) is 23.0 Å². The molecular weight excluding hydrogens is 545 g/mol. The Morgan fingerprint density at radius 2 is 1.59 bits per heavy atom. The third-order valence-corrected chi connectivity index (χ3v) is 8.92. The molecule has 2 amide bonds. The second kappa shape index (κ2) is 11.6. The van der Waals surface area contributed by atoms with Gasteiger partial charge in [0.2, 0.25) is 5.91 Å². The highest BCUT2D eigenvalue weighted by molar-refractivity contribution is 5.98. The molecule has 1 atom stereocenters. The van der Waals surface area contributed by atoms with E-state index in [2.05, 4.69) is 0 Å². The fourth-order valence-corrected chi connectivity index (χ4v) is 6.23. The van der Waals surface area contributed by atoms with Crippen molar-refractivity contribution in [1.82, 2.24) is 9.80 Å². The summed E-state index contributed by atoms with van der Waals surface area (Å²) in [7, 11) is 0. The van der Waals surface area contributed by atoms with E-state index in [1.54, 1.807) is 0 Å². The summed E-state index contributed by atoms with van der Waals surface area (Å²) in [6, 6.07) is 7.16. The molecular formula is C30H34F5N3O3. The number of ether oxygens (including phenoxy) is 1. The second-order valence-corrected chi connectivity index (χ2v) is 11.6. The number of alkyl halides is 3. The van der Waals surface area contributed by atoms with Gasteiger partial charge in [0.15, 0.2) is 0 Å². The number of primary amides is 1. The standard InChI is InChI=1S/C30H34F5N3O3/c31-24-15-20(28(40)38-12-1-3-26(38)27(36)39)4-6-22(24)23-7-5-21(16-25(23)32)41-17-19-8-13-37(14-9-19)18-29(10-2-11-29)30(33,34)35/h4-7,15-16,19,26H,1-3,8-14,17-18H2,(H2,36,39)/t26-/m0/s1. The summed E-state index contributed by atoms with van der Waals surface area (Å²) in [5.74, 6) is -2.16. The lowest BCUT2D eigenvalue weighted by Crippen LogP contribution is -2.53. The molecule has 2 aliphatic heterocycles. The minimum atomic E-state index is -4.17. The highest BCUT2D eigenvalue weighted by atomic mass is 19.4. The number of benzene rings is 2. The van der Waals surface area contributed by atoms with E-state index in [9.17, 15) is 27.2 Å². The van der Waals surface area contributed by atoms with Gasteiger partial charge in [-0.05, 0) is 81.8 Å². The Kier molecular flexibility index (Phi) is 8.27. The molecule has 2 saturated heterocycles. The number of nitrogens with two attached hydrogens (primary N) is 1. The van der Waals surface area contributed by atoms with Crippen molar-refractivity contribution in [2.45, 2.75) is 57.2 Å². The number of halogens is 5. The Bertz CT molecular complexity index is 1290. The van der Waals surface area contributed by atoms with E-state index in [1.165, 1.54) is 35.2 Å². The molecule has 41 heavy (non-hydrogen) atoms. The monoisotopic (exact) mass is 579 g/mol. The van der Waals surface area contributed by atoms with E-state index in [-0.39, 0.29) is 47.7 Å². The molecule has 0 aromatic heterocycles. The maximum absolute atomic E-state index is 15.0. The van der Waals surface area contributed by atoms with Gasteiger partial charge in [0.1, 0.15) is 23.4 Å². The van der Waals surface area contributed by atoms with E-state index in [4.69, 9.17) is 10.5 Å². The Balaban J connectivity index is 1.16. The van der Waals surface area contributed by atoms with Gasteiger partial charge < -0.3 is 20.3 Å². The van der Waals surface area contributed by atoms with E-state index < -0.39 is 41.1 Å². The summed E-state index contributed by atoms with van der Waals surface area (Å²) in [6.45, 7) is 1.85. The highest BCUT2D eigenvalue weighted by Gasteiger charge is 2.58. The molecule has 2 heterocycles. The smallest absolute Gasteiger partial charge is 0.395 e. The number of amides is 2. The Hall–Kier alpha value is -3.21. The van der Waals surface area contributed by atoms with Crippen molar-refractivity contribution in [2.24, 2.45) is 17.1 Å². The van der Waals surface area contributed by atoms with Crippen molar-refractivity contribution < 1.29 is 36.3 Å². The Morgan fingerprint density at radius 3 is 2.15 bits per heavy atom. The summed E-state index contributed by atoms with van der Waals surface area (Å²) >= 11 is 0. The number of carbonyl (C=O) groups is 2. The first-order valence-electron chi connectivity index (χ1n) is 14.1. The molecule has 3 aliphatic rings. The van der Waals surface area contributed by atoms with Gasteiger partial charge in [-0.25, -0.2) is 8.78 Å². The van der Waals surface area contributed by atoms with Gasteiger partial charge >= 0.3 is 6.18 Å². The van der Waals surface area contributed by atoms with Gasteiger partial charge in [0.05, 0.1) is 12.0 Å². The van der Waals surface area contributed by atoms with Crippen molar-refractivity contribution >= 4 is 11.8 Å². The third-order valence-electron chi connectivity index (χ3n) is 8.92. The largest absolute Gasteiger partial charge is 0.493 e. The lowest BCUT2D eigenvalue weighted by molar-refractivity contribution is -0.256. The molecule has 5 rings (SSSR count). The molecule has 0 radical (unpaired) electrons. The predicted molar refractivity (Wildman–Crippen MR) is 142 cm³/mol. The molecule has 2 aromatic rings. The minimum absolute atomic E-state index is 0.00734. The third kappa shape index (κ3) is 6.05. The van der Waals surface area contributed by atoms with Crippen molar-refractivity contribution in [3.63, 3.8) is 0 Å². The number of piperidine rings is 1. The number of hydrogen-bond donors (Lipinski definition) is 1. The first-order chi connectivity index (χ1) is 19.5. The van der Waals surface area contributed by atoms with E-state index in [0.717, 1.165) is 6.07 Å². The maximum atomic E-state index is 15.0. The number of rotatable bonds is 8. The molecule has 0 spiro atoms.